The smallest absolute Gasteiger partial charge is 0.355 e. The molecule has 0 amide bonds. The Morgan fingerprint density at radius 3 is 2.69 bits per heavy atom. The van der Waals surface area contributed by atoms with Crippen molar-refractivity contribution in [3.63, 3.8) is 0 Å². The number of nitro benzene ring substituents is 1. The van der Waals surface area contributed by atoms with Gasteiger partial charge in [0, 0.05) is 12.1 Å². The summed E-state index contributed by atoms with van der Waals surface area (Å²) in [5.74, 6) is -1.11. The van der Waals surface area contributed by atoms with Gasteiger partial charge < -0.3 is 4.74 Å². The number of hydrogen-bond donors (Lipinski definition) is 1. The lowest BCUT2D eigenvalue weighted by Crippen LogP contribution is -2.30. The number of nitro groups is 1. The van der Waals surface area contributed by atoms with E-state index in [0.29, 0.717) is 5.56 Å². The molecule has 132 valence electrons. The van der Waals surface area contributed by atoms with Gasteiger partial charge in [-0.05, 0) is 24.1 Å². The van der Waals surface area contributed by atoms with Crippen molar-refractivity contribution in [1.82, 2.24) is 5.43 Å². The summed E-state index contributed by atoms with van der Waals surface area (Å²) >= 11 is 0. The van der Waals surface area contributed by atoms with Crippen LogP contribution in [0.1, 0.15) is 24.0 Å². The zero-order chi connectivity index (χ0) is 18.5. The highest BCUT2D eigenvalue weighted by Crippen LogP contribution is 2.29. The molecule has 2 aromatic rings. The van der Waals surface area contributed by atoms with E-state index in [2.05, 4.69) is 10.5 Å². The number of non-ortho nitro benzene ring substituents is 1. The number of nitrogens with one attached hydrogen (secondary N) is 1. The quantitative estimate of drug-likeness (QED) is 0.507. The van der Waals surface area contributed by atoms with Crippen LogP contribution in [0.5, 0.6) is 0 Å². The van der Waals surface area contributed by atoms with Gasteiger partial charge >= 0.3 is 5.97 Å². The predicted octanol–water partition coefficient (Wildman–Crippen LogP) is 3.24. The Morgan fingerprint density at radius 2 is 2.00 bits per heavy atom. The fourth-order valence-corrected chi connectivity index (χ4v) is 2.71. The van der Waals surface area contributed by atoms with E-state index in [4.69, 9.17) is 4.74 Å². The first-order valence-corrected chi connectivity index (χ1v) is 8.12. The van der Waals surface area contributed by atoms with Gasteiger partial charge in [-0.1, -0.05) is 42.5 Å². The van der Waals surface area contributed by atoms with Crippen molar-refractivity contribution < 1.29 is 14.5 Å². The molecule has 0 aromatic heterocycles. The predicted molar refractivity (Wildman–Crippen MR) is 97.5 cm³/mol. The van der Waals surface area contributed by atoms with Gasteiger partial charge in [0.2, 0.25) is 0 Å². The molecule has 1 heterocycles. The Bertz CT molecular complexity index is 891. The van der Waals surface area contributed by atoms with Gasteiger partial charge in [-0.25, -0.2) is 4.79 Å². The normalized spacial score (nSPS) is 16.1. The fourth-order valence-electron chi connectivity index (χ4n) is 2.71. The molecular formula is C19H17N3O4. The number of hydrazone groups is 1. The van der Waals surface area contributed by atoms with Gasteiger partial charge in [0.25, 0.3) is 5.69 Å². The molecule has 3 rings (SSSR count). The van der Waals surface area contributed by atoms with Crippen molar-refractivity contribution >= 4 is 23.1 Å². The van der Waals surface area contributed by atoms with Crippen LogP contribution >= 0.6 is 0 Å². The molecule has 0 saturated carbocycles. The lowest BCUT2D eigenvalue weighted by molar-refractivity contribution is -0.384. The molecule has 7 heteroatoms. The van der Waals surface area contributed by atoms with Crippen LogP contribution in [0.15, 0.2) is 65.8 Å². The Hall–Kier alpha value is -3.48. The minimum atomic E-state index is -0.556. The van der Waals surface area contributed by atoms with Gasteiger partial charge in [0.15, 0.2) is 5.71 Å². The molecule has 26 heavy (non-hydrogen) atoms. The van der Waals surface area contributed by atoms with Crippen molar-refractivity contribution in [3.05, 3.63) is 81.9 Å². The molecule has 1 N–H and O–H groups in total. The second-order valence-electron chi connectivity index (χ2n) is 5.61. The van der Waals surface area contributed by atoms with E-state index in [0.717, 1.165) is 11.3 Å². The maximum atomic E-state index is 12.3. The van der Waals surface area contributed by atoms with Gasteiger partial charge in [0.05, 0.1) is 23.1 Å². The summed E-state index contributed by atoms with van der Waals surface area (Å²) in [5.41, 5.74) is 5.21. The van der Waals surface area contributed by atoms with Crippen LogP contribution in [0.25, 0.3) is 5.70 Å². The summed E-state index contributed by atoms with van der Waals surface area (Å²) in [6, 6.07) is 15.7. The van der Waals surface area contributed by atoms with Gasteiger partial charge in [-0.2, -0.15) is 5.10 Å². The van der Waals surface area contributed by atoms with Gasteiger partial charge in [-0.15, -0.1) is 0 Å². The van der Waals surface area contributed by atoms with Gasteiger partial charge in [-0.3, -0.25) is 15.5 Å². The number of rotatable bonds is 5. The van der Waals surface area contributed by atoms with Crippen LogP contribution in [0.2, 0.25) is 0 Å². The molecule has 0 radical (unpaired) electrons. The molecule has 7 nitrogen and oxygen atoms in total. The molecule has 0 bridgehead atoms. The summed E-state index contributed by atoms with van der Waals surface area (Å²) < 4.78 is 5.08. The highest BCUT2D eigenvalue weighted by Gasteiger charge is 2.29. The number of hydrogen-bond acceptors (Lipinski definition) is 6. The van der Waals surface area contributed by atoms with Crippen molar-refractivity contribution in [3.8, 4) is 0 Å². The molecule has 1 aliphatic heterocycles. The van der Waals surface area contributed by atoms with Crippen molar-refractivity contribution in [1.29, 1.82) is 0 Å². The number of carbonyl (C=O) groups is 1. The SMILES string of the molecule is CCOC(=O)C1=NNC(c2ccccc2)=CC1c1cccc([N+](=O)[O-])c1. The summed E-state index contributed by atoms with van der Waals surface area (Å²) in [6.45, 7) is 1.93. The molecule has 1 unspecified atom stereocenters. The molecule has 2 aromatic carbocycles. The number of esters is 1. The monoisotopic (exact) mass is 351 g/mol. The maximum absolute atomic E-state index is 12.3. The first kappa shape index (κ1) is 17.3. The molecule has 1 atom stereocenters. The molecule has 0 fully saturated rings. The summed E-state index contributed by atoms with van der Waals surface area (Å²) in [6.07, 6.45) is 1.83. The Kier molecular flexibility index (Phi) is 5.07. The Balaban J connectivity index is 2.04. The lowest BCUT2D eigenvalue weighted by atomic mass is 9.90. The first-order chi connectivity index (χ1) is 12.6. The summed E-state index contributed by atoms with van der Waals surface area (Å²) in [5, 5.41) is 15.3. The molecular weight excluding hydrogens is 334 g/mol. The lowest BCUT2D eigenvalue weighted by Gasteiger charge is -2.22. The number of ether oxygens (including phenoxy) is 1. The van der Waals surface area contributed by atoms with E-state index in [1.165, 1.54) is 12.1 Å². The first-order valence-electron chi connectivity index (χ1n) is 8.12. The highest BCUT2D eigenvalue weighted by atomic mass is 16.6. The number of nitrogens with zero attached hydrogens (tertiary/aromatic N) is 2. The standard InChI is InChI=1S/C19H17N3O4/c1-2-26-19(23)18-16(14-9-6-10-15(11-14)22(24)25)12-17(20-21-18)13-7-4-3-5-8-13/h3-12,16,20H,2H2,1H3. The minimum Gasteiger partial charge on any atom is -0.461 e. The second-order valence-corrected chi connectivity index (χ2v) is 5.61. The molecule has 0 spiro atoms. The summed E-state index contributed by atoms with van der Waals surface area (Å²) in [4.78, 5) is 22.9. The number of benzene rings is 2. The third-order valence-electron chi connectivity index (χ3n) is 3.93. The Morgan fingerprint density at radius 1 is 1.23 bits per heavy atom. The minimum absolute atomic E-state index is 0.0427. The third-order valence-corrected chi connectivity index (χ3v) is 3.93. The average Bonchev–Trinajstić information content (AvgIpc) is 2.68. The topological polar surface area (TPSA) is 93.8 Å². The van der Waals surface area contributed by atoms with Crippen LogP contribution in [0.3, 0.4) is 0 Å². The van der Waals surface area contributed by atoms with E-state index in [9.17, 15) is 14.9 Å². The largest absolute Gasteiger partial charge is 0.461 e. The Labute approximate surface area is 150 Å². The van der Waals surface area contributed by atoms with E-state index < -0.39 is 16.8 Å². The van der Waals surface area contributed by atoms with E-state index >= 15 is 0 Å². The van der Waals surface area contributed by atoms with Crippen LogP contribution in [-0.2, 0) is 9.53 Å². The third kappa shape index (κ3) is 3.61. The van der Waals surface area contributed by atoms with Crippen molar-refractivity contribution in [2.24, 2.45) is 5.10 Å². The average molecular weight is 351 g/mol. The highest BCUT2D eigenvalue weighted by molar-refractivity contribution is 6.39. The van der Waals surface area contributed by atoms with Crippen molar-refractivity contribution in [2.75, 3.05) is 6.61 Å². The molecule has 0 aliphatic carbocycles. The number of allylic oxidation sites excluding steroid dienone is 1. The zero-order valence-electron chi connectivity index (χ0n) is 14.1. The van der Waals surface area contributed by atoms with E-state index in [-0.39, 0.29) is 18.0 Å². The molecule has 1 aliphatic rings. The van der Waals surface area contributed by atoms with E-state index in [1.807, 2.05) is 36.4 Å². The van der Waals surface area contributed by atoms with Crippen LogP contribution in [0, 0.1) is 10.1 Å². The second kappa shape index (κ2) is 7.60. The molecule has 0 saturated heterocycles. The fraction of sp³-hybridized carbons (Fsp3) is 0.158. The van der Waals surface area contributed by atoms with Crippen LogP contribution in [-0.4, -0.2) is 23.2 Å². The van der Waals surface area contributed by atoms with E-state index in [1.54, 1.807) is 19.1 Å². The van der Waals surface area contributed by atoms with Crippen LogP contribution in [0.4, 0.5) is 5.69 Å². The van der Waals surface area contributed by atoms with Crippen LogP contribution < -0.4 is 5.43 Å². The number of carbonyl (C=O) groups excluding carboxylic acids is 1. The zero-order valence-corrected chi connectivity index (χ0v) is 14.1. The summed E-state index contributed by atoms with van der Waals surface area (Å²) in [7, 11) is 0. The van der Waals surface area contributed by atoms with Gasteiger partial charge in [0.1, 0.15) is 0 Å². The van der Waals surface area contributed by atoms with Crippen molar-refractivity contribution in [2.45, 2.75) is 12.8 Å². The maximum Gasteiger partial charge on any atom is 0.355 e.